The van der Waals surface area contributed by atoms with Crippen molar-refractivity contribution in [3.05, 3.63) is 28.2 Å². The average molecular weight is 219 g/mol. The highest BCUT2D eigenvalue weighted by molar-refractivity contribution is 9.10. The minimum absolute atomic E-state index is 0.407. The van der Waals surface area contributed by atoms with E-state index in [0.29, 0.717) is 15.3 Å². The first-order valence-electron chi connectivity index (χ1n) is 2.54. The minimum atomic E-state index is 0.407. The fraction of sp³-hybridized carbons (Fsp3) is 0. The molecule has 0 aromatic carbocycles. The van der Waals surface area contributed by atoms with Gasteiger partial charge in [0.15, 0.2) is 0 Å². The molecule has 0 amide bonds. The SMILES string of the molecule is C=Cc1ncnc(Cl)c1Br. The number of hydrogen-bond donors (Lipinski definition) is 0. The molecule has 0 bridgehead atoms. The van der Waals surface area contributed by atoms with Gasteiger partial charge in [-0.3, -0.25) is 0 Å². The second kappa shape index (κ2) is 3.12. The standard InChI is InChI=1S/C6H4BrClN2/c1-2-4-5(7)6(8)10-3-9-4/h2-3H,1H2. The Morgan fingerprint density at radius 1 is 1.60 bits per heavy atom. The summed E-state index contributed by atoms with van der Waals surface area (Å²) in [5, 5.41) is 0.407. The van der Waals surface area contributed by atoms with Crippen LogP contribution < -0.4 is 0 Å². The van der Waals surface area contributed by atoms with Crippen molar-refractivity contribution in [2.75, 3.05) is 0 Å². The van der Waals surface area contributed by atoms with Crippen LogP contribution in [0, 0.1) is 0 Å². The maximum absolute atomic E-state index is 5.65. The van der Waals surface area contributed by atoms with Gasteiger partial charge in [0.2, 0.25) is 0 Å². The van der Waals surface area contributed by atoms with E-state index in [-0.39, 0.29) is 0 Å². The quantitative estimate of drug-likeness (QED) is 0.678. The molecule has 2 nitrogen and oxygen atoms in total. The molecule has 0 N–H and O–H groups in total. The fourth-order valence-electron chi connectivity index (χ4n) is 0.503. The van der Waals surface area contributed by atoms with E-state index >= 15 is 0 Å². The topological polar surface area (TPSA) is 25.8 Å². The highest BCUT2D eigenvalue weighted by atomic mass is 79.9. The maximum Gasteiger partial charge on any atom is 0.147 e. The second-order valence-electron chi connectivity index (χ2n) is 1.57. The van der Waals surface area contributed by atoms with E-state index < -0.39 is 0 Å². The first kappa shape index (κ1) is 7.69. The smallest absolute Gasteiger partial charge is 0.147 e. The lowest BCUT2D eigenvalue weighted by atomic mass is 10.4. The highest BCUT2D eigenvalue weighted by Crippen LogP contribution is 2.22. The van der Waals surface area contributed by atoms with E-state index in [4.69, 9.17) is 11.6 Å². The zero-order valence-electron chi connectivity index (χ0n) is 5.01. The highest BCUT2D eigenvalue weighted by Gasteiger charge is 2.01. The number of rotatable bonds is 1. The molecule has 0 fully saturated rings. The Hall–Kier alpha value is -0.410. The van der Waals surface area contributed by atoms with Crippen LogP contribution in [0.2, 0.25) is 5.15 Å². The van der Waals surface area contributed by atoms with E-state index in [9.17, 15) is 0 Å². The molecule has 0 saturated carbocycles. The van der Waals surface area contributed by atoms with E-state index in [1.54, 1.807) is 6.08 Å². The largest absolute Gasteiger partial charge is 0.236 e. The molecule has 0 spiro atoms. The van der Waals surface area contributed by atoms with Crippen molar-refractivity contribution in [3.8, 4) is 0 Å². The van der Waals surface area contributed by atoms with Crippen LogP contribution in [0.3, 0.4) is 0 Å². The third-order valence-corrected chi connectivity index (χ3v) is 2.26. The van der Waals surface area contributed by atoms with Gasteiger partial charge in [-0.15, -0.1) is 0 Å². The summed E-state index contributed by atoms with van der Waals surface area (Å²) in [6.07, 6.45) is 3.00. The van der Waals surface area contributed by atoms with Gasteiger partial charge in [0.25, 0.3) is 0 Å². The average Bonchev–Trinajstić information content (AvgIpc) is 1.95. The van der Waals surface area contributed by atoms with Gasteiger partial charge in [0.1, 0.15) is 11.5 Å². The molecule has 0 radical (unpaired) electrons. The molecule has 4 heteroatoms. The van der Waals surface area contributed by atoms with E-state index in [2.05, 4.69) is 32.5 Å². The van der Waals surface area contributed by atoms with Crippen molar-refractivity contribution >= 4 is 33.6 Å². The number of halogens is 2. The Morgan fingerprint density at radius 3 is 2.80 bits per heavy atom. The molecule has 1 heterocycles. The summed E-state index contributed by atoms with van der Waals surface area (Å²) < 4.78 is 0.687. The lowest BCUT2D eigenvalue weighted by Crippen LogP contribution is -1.85. The molecule has 52 valence electrons. The van der Waals surface area contributed by atoms with Gasteiger partial charge in [-0.25, -0.2) is 9.97 Å². The Bertz CT molecular complexity index is 262. The number of nitrogens with zero attached hydrogens (tertiary/aromatic N) is 2. The Balaban J connectivity index is 3.27. The molecule has 0 unspecified atom stereocenters. The van der Waals surface area contributed by atoms with Crippen LogP contribution in [0.15, 0.2) is 17.4 Å². The van der Waals surface area contributed by atoms with Gasteiger partial charge < -0.3 is 0 Å². The number of hydrogen-bond acceptors (Lipinski definition) is 2. The van der Waals surface area contributed by atoms with Gasteiger partial charge in [0.05, 0.1) is 10.2 Å². The lowest BCUT2D eigenvalue weighted by Gasteiger charge is -1.95. The van der Waals surface area contributed by atoms with Crippen molar-refractivity contribution in [1.29, 1.82) is 0 Å². The molecule has 0 aliphatic carbocycles. The Morgan fingerprint density at radius 2 is 2.30 bits per heavy atom. The van der Waals surface area contributed by atoms with E-state index in [1.165, 1.54) is 6.33 Å². The summed E-state index contributed by atoms with van der Waals surface area (Å²) in [5.74, 6) is 0. The third kappa shape index (κ3) is 1.36. The van der Waals surface area contributed by atoms with Crippen molar-refractivity contribution in [1.82, 2.24) is 9.97 Å². The van der Waals surface area contributed by atoms with Crippen LogP contribution in [0.1, 0.15) is 5.69 Å². The second-order valence-corrected chi connectivity index (χ2v) is 2.72. The summed E-state index contributed by atoms with van der Waals surface area (Å²) in [6, 6.07) is 0. The van der Waals surface area contributed by atoms with Crippen LogP contribution in [-0.4, -0.2) is 9.97 Å². The van der Waals surface area contributed by atoms with Gasteiger partial charge in [-0.05, 0) is 22.0 Å². The predicted molar refractivity (Wildman–Crippen MR) is 44.8 cm³/mol. The summed E-state index contributed by atoms with van der Waals surface area (Å²) in [6.45, 7) is 3.55. The van der Waals surface area contributed by atoms with Crippen LogP contribution in [0.5, 0.6) is 0 Å². The van der Waals surface area contributed by atoms with Gasteiger partial charge in [-0.1, -0.05) is 18.2 Å². The molecular formula is C6H4BrClN2. The monoisotopic (exact) mass is 218 g/mol. The summed E-state index contributed by atoms with van der Waals surface area (Å²) in [5.41, 5.74) is 0.708. The van der Waals surface area contributed by atoms with Gasteiger partial charge in [0, 0.05) is 0 Å². The Labute approximate surface area is 72.1 Å². The van der Waals surface area contributed by atoms with Crippen molar-refractivity contribution < 1.29 is 0 Å². The van der Waals surface area contributed by atoms with E-state index in [1.807, 2.05) is 0 Å². The number of aromatic nitrogens is 2. The van der Waals surface area contributed by atoms with Crippen LogP contribution in [0.4, 0.5) is 0 Å². The first-order valence-corrected chi connectivity index (χ1v) is 3.71. The molecular weight excluding hydrogens is 215 g/mol. The van der Waals surface area contributed by atoms with Crippen molar-refractivity contribution in [2.45, 2.75) is 0 Å². The summed E-state index contributed by atoms with van der Waals surface area (Å²) in [4.78, 5) is 7.64. The van der Waals surface area contributed by atoms with Crippen LogP contribution in [-0.2, 0) is 0 Å². The molecule has 1 aromatic rings. The predicted octanol–water partition coefficient (Wildman–Crippen LogP) is 2.54. The van der Waals surface area contributed by atoms with Crippen molar-refractivity contribution in [3.63, 3.8) is 0 Å². The zero-order valence-corrected chi connectivity index (χ0v) is 7.35. The molecule has 1 rings (SSSR count). The zero-order chi connectivity index (χ0) is 7.56. The molecule has 10 heavy (non-hydrogen) atoms. The molecule has 1 aromatic heterocycles. The molecule has 0 atom stereocenters. The van der Waals surface area contributed by atoms with Crippen molar-refractivity contribution in [2.24, 2.45) is 0 Å². The van der Waals surface area contributed by atoms with E-state index in [0.717, 1.165) is 0 Å². The van der Waals surface area contributed by atoms with Crippen LogP contribution in [0.25, 0.3) is 6.08 Å². The molecule has 0 aliphatic rings. The molecule has 0 aliphatic heterocycles. The minimum Gasteiger partial charge on any atom is -0.236 e. The Kier molecular flexibility index (Phi) is 2.40. The maximum atomic E-state index is 5.65. The first-order chi connectivity index (χ1) is 4.75. The fourth-order valence-corrected chi connectivity index (χ4v) is 1.01. The third-order valence-electron chi connectivity index (χ3n) is 0.967. The van der Waals surface area contributed by atoms with Gasteiger partial charge in [-0.2, -0.15) is 0 Å². The van der Waals surface area contributed by atoms with Crippen LogP contribution >= 0.6 is 27.5 Å². The molecule has 0 saturated heterocycles. The summed E-state index contributed by atoms with van der Waals surface area (Å²) >= 11 is 8.86. The van der Waals surface area contributed by atoms with Gasteiger partial charge >= 0.3 is 0 Å². The lowest BCUT2D eigenvalue weighted by molar-refractivity contribution is 1.13. The summed E-state index contributed by atoms with van der Waals surface area (Å²) in [7, 11) is 0. The normalized spacial score (nSPS) is 9.40.